The van der Waals surface area contributed by atoms with E-state index in [0.717, 1.165) is 16.9 Å². The van der Waals surface area contributed by atoms with Crippen molar-refractivity contribution in [2.45, 2.75) is 26.8 Å². The highest BCUT2D eigenvalue weighted by Crippen LogP contribution is 2.24. The van der Waals surface area contributed by atoms with Crippen LogP contribution in [0.1, 0.15) is 37.9 Å². The van der Waals surface area contributed by atoms with Crippen molar-refractivity contribution < 1.29 is 14.3 Å². The van der Waals surface area contributed by atoms with Crippen molar-refractivity contribution in [1.29, 1.82) is 0 Å². The summed E-state index contributed by atoms with van der Waals surface area (Å²) in [4.78, 5) is 24.4. The number of benzene rings is 2. The van der Waals surface area contributed by atoms with Crippen LogP contribution in [0.25, 0.3) is 0 Å². The van der Waals surface area contributed by atoms with Gasteiger partial charge in [0.05, 0.1) is 19.7 Å². The third kappa shape index (κ3) is 5.34. The van der Waals surface area contributed by atoms with Gasteiger partial charge in [0.1, 0.15) is 5.75 Å². The van der Waals surface area contributed by atoms with Gasteiger partial charge in [-0.25, -0.2) is 0 Å². The largest absolute Gasteiger partial charge is 0.497 e. The van der Waals surface area contributed by atoms with E-state index in [1.165, 1.54) is 0 Å². The van der Waals surface area contributed by atoms with Gasteiger partial charge in [-0.3, -0.25) is 9.59 Å². The zero-order valence-electron chi connectivity index (χ0n) is 15.7. The van der Waals surface area contributed by atoms with Gasteiger partial charge in [0, 0.05) is 5.41 Å². The molecule has 0 bridgehead atoms. The van der Waals surface area contributed by atoms with Gasteiger partial charge in [-0.2, -0.15) is 0 Å². The Morgan fingerprint density at radius 3 is 2.08 bits per heavy atom. The van der Waals surface area contributed by atoms with Crippen LogP contribution in [0.2, 0.25) is 0 Å². The van der Waals surface area contributed by atoms with Crippen molar-refractivity contribution in [3.8, 4) is 5.75 Å². The summed E-state index contributed by atoms with van der Waals surface area (Å²) in [7, 11) is 1.61. The smallest absolute Gasteiger partial charge is 0.240 e. The molecule has 0 aliphatic heterocycles. The number of carbonyl (C=O) groups is 2. The average molecular weight is 354 g/mol. The number of rotatable bonds is 6. The molecule has 0 heterocycles. The number of amides is 2. The third-order valence-corrected chi connectivity index (χ3v) is 3.98. The van der Waals surface area contributed by atoms with E-state index >= 15 is 0 Å². The van der Waals surface area contributed by atoms with Crippen LogP contribution in [0.15, 0.2) is 54.6 Å². The first-order chi connectivity index (χ1) is 12.3. The molecule has 0 aliphatic carbocycles. The second-order valence-corrected chi connectivity index (χ2v) is 7.12. The van der Waals surface area contributed by atoms with Crippen LogP contribution >= 0.6 is 0 Å². The van der Waals surface area contributed by atoms with Crippen molar-refractivity contribution in [3.63, 3.8) is 0 Å². The lowest BCUT2D eigenvalue weighted by molar-refractivity contribution is -0.131. The summed E-state index contributed by atoms with van der Waals surface area (Å²) in [6.45, 7) is 5.37. The van der Waals surface area contributed by atoms with Crippen LogP contribution in [0.3, 0.4) is 0 Å². The van der Waals surface area contributed by atoms with E-state index in [2.05, 4.69) is 10.6 Å². The number of hydrogen-bond acceptors (Lipinski definition) is 3. The summed E-state index contributed by atoms with van der Waals surface area (Å²) in [6, 6.07) is 17.0. The molecule has 26 heavy (non-hydrogen) atoms. The van der Waals surface area contributed by atoms with Gasteiger partial charge in [-0.15, -0.1) is 0 Å². The molecule has 138 valence electrons. The summed E-state index contributed by atoms with van der Waals surface area (Å²) in [5.41, 5.74) is 1.37. The van der Waals surface area contributed by atoms with Gasteiger partial charge in [-0.1, -0.05) is 63.2 Å². The Morgan fingerprint density at radius 1 is 0.962 bits per heavy atom. The fraction of sp³-hybridized carbons (Fsp3) is 0.333. The first-order valence-electron chi connectivity index (χ1n) is 8.58. The second kappa shape index (κ2) is 8.52. The summed E-state index contributed by atoms with van der Waals surface area (Å²) in [5.74, 6) is 0.352. The molecule has 0 aromatic heterocycles. The zero-order chi connectivity index (χ0) is 19.2. The lowest BCUT2D eigenvalue weighted by Crippen LogP contribution is -2.42. The van der Waals surface area contributed by atoms with Gasteiger partial charge < -0.3 is 15.4 Å². The SMILES string of the molecule is COc1ccc(C(NC(=O)CNC(=O)C(C)(C)C)c2ccccc2)cc1. The molecule has 2 rings (SSSR count). The molecule has 1 unspecified atom stereocenters. The van der Waals surface area contributed by atoms with Crippen LogP contribution in [-0.2, 0) is 9.59 Å². The number of nitrogens with one attached hydrogen (secondary N) is 2. The zero-order valence-corrected chi connectivity index (χ0v) is 15.7. The van der Waals surface area contributed by atoms with Gasteiger partial charge in [0.25, 0.3) is 0 Å². The molecule has 0 saturated heterocycles. The number of methoxy groups -OCH3 is 1. The van der Waals surface area contributed by atoms with Crippen molar-refractivity contribution in [2.75, 3.05) is 13.7 Å². The Kier molecular flexibility index (Phi) is 6.39. The first-order valence-corrected chi connectivity index (χ1v) is 8.58. The fourth-order valence-corrected chi connectivity index (χ4v) is 2.44. The number of hydrogen-bond donors (Lipinski definition) is 2. The van der Waals surface area contributed by atoms with E-state index < -0.39 is 5.41 Å². The molecule has 0 spiro atoms. The van der Waals surface area contributed by atoms with Crippen LogP contribution < -0.4 is 15.4 Å². The highest BCUT2D eigenvalue weighted by atomic mass is 16.5. The highest BCUT2D eigenvalue weighted by Gasteiger charge is 2.22. The van der Waals surface area contributed by atoms with Crippen LogP contribution in [-0.4, -0.2) is 25.5 Å². The molecular weight excluding hydrogens is 328 g/mol. The normalized spacial score (nSPS) is 12.2. The summed E-state index contributed by atoms with van der Waals surface area (Å²) < 4.78 is 5.20. The maximum Gasteiger partial charge on any atom is 0.240 e. The van der Waals surface area contributed by atoms with Crippen molar-refractivity contribution in [1.82, 2.24) is 10.6 Å². The standard InChI is InChI=1S/C21H26N2O3/c1-21(2,3)20(25)22-14-18(24)23-19(15-8-6-5-7-9-15)16-10-12-17(26-4)13-11-16/h5-13,19H,14H2,1-4H3,(H,22,25)(H,23,24). The van der Waals surface area contributed by atoms with E-state index in [-0.39, 0.29) is 24.4 Å². The van der Waals surface area contributed by atoms with E-state index in [0.29, 0.717) is 0 Å². The lowest BCUT2D eigenvalue weighted by Gasteiger charge is -2.21. The van der Waals surface area contributed by atoms with Crippen LogP contribution in [0, 0.1) is 5.41 Å². The first kappa shape index (κ1) is 19.5. The van der Waals surface area contributed by atoms with Crippen molar-refractivity contribution in [3.05, 3.63) is 65.7 Å². The Labute approximate surface area is 154 Å². The van der Waals surface area contributed by atoms with Crippen LogP contribution in [0.4, 0.5) is 0 Å². The Balaban J connectivity index is 2.14. The maximum absolute atomic E-state index is 12.4. The van der Waals surface area contributed by atoms with Gasteiger partial charge >= 0.3 is 0 Å². The fourth-order valence-electron chi connectivity index (χ4n) is 2.44. The topological polar surface area (TPSA) is 67.4 Å². The second-order valence-electron chi connectivity index (χ2n) is 7.12. The lowest BCUT2D eigenvalue weighted by atomic mass is 9.96. The van der Waals surface area contributed by atoms with E-state index in [4.69, 9.17) is 4.74 Å². The molecule has 2 N–H and O–H groups in total. The minimum Gasteiger partial charge on any atom is -0.497 e. The van der Waals surface area contributed by atoms with Crippen molar-refractivity contribution >= 4 is 11.8 Å². The number of carbonyl (C=O) groups excluding carboxylic acids is 2. The van der Waals surface area contributed by atoms with Gasteiger partial charge in [0.15, 0.2) is 0 Å². The molecule has 5 heteroatoms. The number of ether oxygens (including phenoxy) is 1. The third-order valence-electron chi connectivity index (χ3n) is 3.98. The van der Waals surface area contributed by atoms with E-state index in [1.807, 2.05) is 75.4 Å². The predicted molar refractivity (Wildman–Crippen MR) is 102 cm³/mol. The summed E-state index contributed by atoms with van der Waals surface area (Å²) in [5, 5.41) is 5.68. The molecule has 0 aliphatic rings. The molecule has 0 radical (unpaired) electrons. The van der Waals surface area contributed by atoms with E-state index in [9.17, 15) is 9.59 Å². The Morgan fingerprint density at radius 2 is 1.54 bits per heavy atom. The summed E-state index contributed by atoms with van der Waals surface area (Å²) in [6.07, 6.45) is 0. The minimum absolute atomic E-state index is 0.0599. The molecule has 2 aromatic rings. The van der Waals surface area contributed by atoms with Gasteiger partial charge in [0.2, 0.25) is 11.8 Å². The molecule has 2 amide bonds. The molecule has 2 aromatic carbocycles. The molecule has 1 atom stereocenters. The predicted octanol–water partition coefficient (Wildman–Crippen LogP) is 3.06. The quantitative estimate of drug-likeness (QED) is 0.838. The minimum atomic E-state index is -0.533. The van der Waals surface area contributed by atoms with E-state index in [1.54, 1.807) is 7.11 Å². The molecule has 0 saturated carbocycles. The Hall–Kier alpha value is -2.82. The monoisotopic (exact) mass is 354 g/mol. The summed E-state index contributed by atoms with van der Waals surface area (Å²) >= 11 is 0. The highest BCUT2D eigenvalue weighted by molar-refractivity contribution is 5.87. The van der Waals surface area contributed by atoms with Gasteiger partial charge in [-0.05, 0) is 23.3 Å². The maximum atomic E-state index is 12.4. The Bertz CT molecular complexity index is 734. The molecule has 5 nitrogen and oxygen atoms in total. The van der Waals surface area contributed by atoms with Crippen LogP contribution in [0.5, 0.6) is 5.75 Å². The van der Waals surface area contributed by atoms with Crippen molar-refractivity contribution in [2.24, 2.45) is 5.41 Å². The average Bonchev–Trinajstić information content (AvgIpc) is 2.64. The molecule has 0 fully saturated rings. The molecular formula is C21H26N2O3.